The lowest BCUT2D eigenvalue weighted by molar-refractivity contribution is 0.298. The zero-order valence-electron chi connectivity index (χ0n) is 8.36. The van der Waals surface area contributed by atoms with E-state index in [-0.39, 0.29) is 0 Å². The van der Waals surface area contributed by atoms with E-state index in [1.807, 2.05) is 37.3 Å². The van der Waals surface area contributed by atoms with Crippen molar-refractivity contribution in [3.63, 3.8) is 0 Å². The third-order valence-corrected chi connectivity index (χ3v) is 1.80. The molecular formula is C12H15NO. The van der Waals surface area contributed by atoms with E-state index in [1.165, 1.54) is 0 Å². The van der Waals surface area contributed by atoms with Gasteiger partial charge in [0.25, 0.3) is 0 Å². The van der Waals surface area contributed by atoms with Crippen molar-refractivity contribution < 1.29 is 4.74 Å². The zero-order valence-corrected chi connectivity index (χ0v) is 8.36. The van der Waals surface area contributed by atoms with Gasteiger partial charge in [-0.1, -0.05) is 24.8 Å². The summed E-state index contributed by atoms with van der Waals surface area (Å²) in [6.45, 7) is 6.20. The largest absolute Gasteiger partial charge is 0.493 e. The summed E-state index contributed by atoms with van der Waals surface area (Å²) in [4.78, 5) is 0. The van der Waals surface area contributed by atoms with Crippen LogP contribution in [0.1, 0.15) is 12.5 Å². The van der Waals surface area contributed by atoms with Gasteiger partial charge in [0.2, 0.25) is 0 Å². The molecule has 0 amide bonds. The minimum absolute atomic E-state index is 0.619. The Bertz CT molecular complexity index is 342. The Morgan fingerprint density at radius 1 is 1.50 bits per heavy atom. The Hall–Kier alpha value is -1.70. The van der Waals surface area contributed by atoms with E-state index < -0.39 is 0 Å². The second kappa shape index (κ2) is 5.12. The van der Waals surface area contributed by atoms with Gasteiger partial charge in [0.1, 0.15) is 5.76 Å². The van der Waals surface area contributed by atoms with Gasteiger partial charge in [-0.25, -0.2) is 0 Å². The van der Waals surface area contributed by atoms with Gasteiger partial charge in [-0.2, -0.15) is 0 Å². The lowest BCUT2D eigenvalue weighted by atomic mass is 10.1. The van der Waals surface area contributed by atoms with E-state index >= 15 is 0 Å². The number of nitrogens with two attached hydrogens (primary N) is 1. The first-order valence-electron chi connectivity index (χ1n) is 4.60. The molecule has 0 spiro atoms. The van der Waals surface area contributed by atoms with E-state index in [9.17, 15) is 0 Å². The number of anilines is 1. The lowest BCUT2D eigenvalue weighted by Crippen LogP contribution is -1.96. The van der Waals surface area contributed by atoms with Gasteiger partial charge in [-0.15, -0.1) is 0 Å². The van der Waals surface area contributed by atoms with E-state index in [2.05, 4.69) is 6.58 Å². The molecule has 0 saturated carbocycles. The van der Waals surface area contributed by atoms with Crippen molar-refractivity contribution in [2.75, 3.05) is 12.3 Å². The molecule has 0 bridgehead atoms. The molecule has 0 radical (unpaired) electrons. The molecule has 0 aromatic heterocycles. The highest BCUT2D eigenvalue weighted by Gasteiger charge is 2.03. The number of benzene rings is 1. The fraction of sp³-hybridized carbons (Fsp3) is 0.167. The van der Waals surface area contributed by atoms with Crippen molar-refractivity contribution in [3.05, 3.63) is 48.6 Å². The molecule has 14 heavy (non-hydrogen) atoms. The van der Waals surface area contributed by atoms with Crippen LogP contribution in [0, 0.1) is 0 Å². The van der Waals surface area contributed by atoms with Crippen molar-refractivity contribution in [2.24, 2.45) is 0 Å². The van der Waals surface area contributed by atoms with Crippen LogP contribution < -0.4 is 5.73 Å². The predicted octanol–water partition coefficient (Wildman–Crippen LogP) is 2.83. The lowest BCUT2D eigenvalue weighted by Gasteiger charge is -2.10. The monoisotopic (exact) mass is 189 g/mol. The molecule has 1 rings (SSSR count). The number of para-hydroxylation sites is 1. The van der Waals surface area contributed by atoms with Gasteiger partial charge >= 0.3 is 0 Å². The summed E-state index contributed by atoms with van der Waals surface area (Å²) in [6, 6.07) is 7.61. The molecule has 1 aromatic rings. The van der Waals surface area contributed by atoms with Crippen molar-refractivity contribution in [1.82, 2.24) is 0 Å². The van der Waals surface area contributed by atoms with Crippen LogP contribution in [0.3, 0.4) is 0 Å². The zero-order chi connectivity index (χ0) is 10.4. The van der Waals surface area contributed by atoms with Gasteiger partial charge in [0.05, 0.1) is 6.61 Å². The maximum atomic E-state index is 5.83. The van der Waals surface area contributed by atoms with E-state index in [0.717, 1.165) is 11.3 Å². The van der Waals surface area contributed by atoms with Gasteiger partial charge in [-0.05, 0) is 25.1 Å². The van der Waals surface area contributed by atoms with Crippen molar-refractivity contribution in [3.8, 4) is 0 Å². The van der Waals surface area contributed by atoms with Gasteiger partial charge in [0.15, 0.2) is 0 Å². The molecule has 2 N–H and O–H groups in total. The number of rotatable bonds is 4. The Kier molecular flexibility index (Phi) is 3.80. The number of hydrogen-bond donors (Lipinski definition) is 1. The molecule has 0 atom stereocenters. The molecular weight excluding hydrogens is 174 g/mol. The number of allylic oxidation sites excluding steroid dienone is 2. The molecule has 0 unspecified atom stereocenters. The molecule has 0 heterocycles. The predicted molar refractivity (Wildman–Crippen MR) is 60.7 cm³/mol. The van der Waals surface area contributed by atoms with E-state index in [0.29, 0.717) is 12.3 Å². The molecule has 2 nitrogen and oxygen atoms in total. The fourth-order valence-corrected chi connectivity index (χ4v) is 1.20. The van der Waals surface area contributed by atoms with Crippen LogP contribution in [0.2, 0.25) is 0 Å². The average Bonchev–Trinajstić information content (AvgIpc) is 2.18. The van der Waals surface area contributed by atoms with Crippen LogP contribution in [-0.2, 0) is 4.74 Å². The highest BCUT2D eigenvalue weighted by Crippen LogP contribution is 2.21. The first-order chi connectivity index (χ1) is 6.79. The summed E-state index contributed by atoms with van der Waals surface area (Å²) >= 11 is 0. The number of hydrogen-bond acceptors (Lipinski definition) is 2. The van der Waals surface area contributed by atoms with E-state index in [4.69, 9.17) is 10.5 Å². The molecule has 0 aliphatic rings. The molecule has 0 aliphatic carbocycles. The summed E-state index contributed by atoms with van der Waals surface area (Å²) in [6.07, 6.45) is 3.51. The Balaban J connectivity index is 3.05. The SMILES string of the molecule is C=C/C=C(/OCC)c1ccccc1N. The molecule has 0 saturated heterocycles. The van der Waals surface area contributed by atoms with Crippen molar-refractivity contribution in [1.29, 1.82) is 0 Å². The Labute approximate surface area is 84.7 Å². The van der Waals surface area contributed by atoms with Crippen molar-refractivity contribution >= 4 is 11.4 Å². The molecule has 0 fully saturated rings. The first kappa shape index (κ1) is 10.4. The second-order valence-corrected chi connectivity index (χ2v) is 2.79. The molecule has 0 aliphatic heterocycles. The smallest absolute Gasteiger partial charge is 0.128 e. The molecule has 74 valence electrons. The fourth-order valence-electron chi connectivity index (χ4n) is 1.20. The van der Waals surface area contributed by atoms with Crippen LogP contribution in [-0.4, -0.2) is 6.61 Å². The third kappa shape index (κ3) is 2.39. The maximum Gasteiger partial charge on any atom is 0.128 e. The van der Waals surface area contributed by atoms with Crippen LogP contribution in [0.15, 0.2) is 43.0 Å². The molecule has 2 heteroatoms. The Morgan fingerprint density at radius 2 is 2.21 bits per heavy atom. The summed E-state index contributed by atoms with van der Waals surface area (Å²) in [5.74, 6) is 0.764. The minimum atomic E-state index is 0.619. The van der Waals surface area contributed by atoms with Gasteiger partial charge < -0.3 is 10.5 Å². The quantitative estimate of drug-likeness (QED) is 0.449. The van der Waals surface area contributed by atoms with Crippen molar-refractivity contribution in [2.45, 2.75) is 6.92 Å². The topological polar surface area (TPSA) is 35.2 Å². The van der Waals surface area contributed by atoms with Crippen LogP contribution in [0.25, 0.3) is 5.76 Å². The summed E-state index contributed by atoms with van der Waals surface area (Å²) in [5, 5.41) is 0. The summed E-state index contributed by atoms with van der Waals surface area (Å²) in [7, 11) is 0. The summed E-state index contributed by atoms with van der Waals surface area (Å²) in [5.41, 5.74) is 7.45. The standard InChI is InChI=1S/C12H15NO/c1-3-7-12(14-4-2)10-8-5-6-9-11(10)13/h3,5-9H,1,4,13H2,2H3/b12-7+. The minimum Gasteiger partial charge on any atom is -0.493 e. The third-order valence-electron chi connectivity index (χ3n) is 1.80. The van der Waals surface area contributed by atoms with Gasteiger partial charge in [-0.3, -0.25) is 0 Å². The van der Waals surface area contributed by atoms with Gasteiger partial charge in [0, 0.05) is 11.3 Å². The maximum absolute atomic E-state index is 5.83. The number of nitrogen functional groups attached to an aromatic ring is 1. The highest BCUT2D eigenvalue weighted by atomic mass is 16.5. The second-order valence-electron chi connectivity index (χ2n) is 2.79. The number of ether oxygens (including phenoxy) is 1. The Morgan fingerprint density at radius 3 is 2.79 bits per heavy atom. The highest BCUT2D eigenvalue weighted by molar-refractivity contribution is 5.71. The van der Waals surface area contributed by atoms with E-state index in [1.54, 1.807) is 6.08 Å². The summed E-state index contributed by atoms with van der Waals surface area (Å²) < 4.78 is 5.46. The van der Waals surface area contributed by atoms with Crippen LogP contribution in [0.4, 0.5) is 5.69 Å². The normalized spacial score (nSPS) is 11.1. The first-order valence-corrected chi connectivity index (χ1v) is 4.60. The van der Waals surface area contributed by atoms with Crippen LogP contribution >= 0.6 is 0 Å². The molecule has 1 aromatic carbocycles. The van der Waals surface area contributed by atoms with Crippen LogP contribution in [0.5, 0.6) is 0 Å². The average molecular weight is 189 g/mol.